The zero-order valence-corrected chi connectivity index (χ0v) is 12.9. The van der Waals surface area contributed by atoms with Crippen LogP contribution in [0.2, 0.25) is 5.15 Å². The molecule has 0 aliphatic carbocycles. The number of benzene rings is 1. The van der Waals surface area contributed by atoms with E-state index in [0.29, 0.717) is 0 Å². The third-order valence-electron chi connectivity index (χ3n) is 2.74. The zero-order valence-electron chi connectivity index (χ0n) is 10.6. The maximum atomic E-state index is 11.0. The van der Waals surface area contributed by atoms with Crippen LogP contribution in [0.5, 0.6) is 0 Å². The number of aryl methyl sites for hydroxylation is 1. The van der Waals surface area contributed by atoms with Gasteiger partial charge in [0.2, 0.25) is 5.82 Å². The van der Waals surface area contributed by atoms with Crippen LogP contribution in [0, 0.1) is 10.1 Å². The zero-order chi connectivity index (χ0) is 14.7. The van der Waals surface area contributed by atoms with Crippen LogP contribution in [0.1, 0.15) is 12.5 Å². The van der Waals surface area contributed by atoms with Crippen LogP contribution >= 0.6 is 27.5 Å². The Hall–Kier alpha value is -1.66. The van der Waals surface area contributed by atoms with Gasteiger partial charge in [-0.05, 0) is 36.2 Å². The van der Waals surface area contributed by atoms with Gasteiger partial charge in [0.1, 0.15) is 5.15 Å². The largest absolute Gasteiger partial charge is 0.334 e. The molecular formula is C13H11BrClN3O2. The van der Waals surface area contributed by atoms with Gasteiger partial charge in [-0.3, -0.25) is 10.1 Å². The number of nitro groups is 1. The number of rotatable bonds is 4. The minimum absolute atomic E-state index is 0.112. The van der Waals surface area contributed by atoms with E-state index in [1.165, 1.54) is 12.1 Å². The molecule has 104 valence electrons. The van der Waals surface area contributed by atoms with Crippen LogP contribution in [0.4, 0.5) is 17.2 Å². The number of halogens is 2. The predicted octanol–water partition coefficient (Wildman–Crippen LogP) is 4.71. The molecule has 1 aromatic carbocycles. The van der Waals surface area contributed by atoms with Gasteiger partial charge < -0.3 is 5.32 Å². The van der Waals surface area contributed by atoms with Crippen molar-refractivity contribution in [1.29, 1.82) is 0 Å². The molecule has 2 rings (SSSR count). The lowest BCUT2D eigenvalue weighted by Gasteiger charge is -2.11. The van der Waals surface area contributed by atoms with E-state index in [2.05, 4.69) is 26.2 Å². The number of anilines is 2. The molecule has 0 amide bonds. The first-order valence-corrected chi connectivity index (χ1v) is 7.04. The van der Waals surface area contributed by atoms with E-state index in [9.17, 15) is 10.1 Å². The van der Waals surface area contributed by atoms with Crippen molar-refractivity contribution in [2.45, 2.75) is 13.3 Å². The molecule has 1 N–H and O–H groups in total. The van der Waals surface area contributed by atoms with Gasteiger partial charge in [-0.2, -0.15) is 0 Å². The van der Waals surface area contributed by atoms with Crippen LogP contribution in [0.3, 0.4) is 0 Å². The molecule has 20 heavy (non-hydrogen) atoms. The van der Waals surface area contributed by atoms with Gasteiger partial charge in [-0.1, -0.05) is 34.5 Å². The third kappa shape index (κ3) is 3.26. The summed E-state index contributed by atoms with van der Waals surface area (Å²) in [6, 6.07) is 8.39. The van der Waals surface area contributed by atoms with Gasteiger partial charge in [-0.15, -0.1) is 0 Å². The molecule has 0 spiro atoms. The molecule has 1 aromatic heterocycles. The van der Waals surface area contributed by atoms with Crippen LogP contribution in [-0.4, -0.2) is 9.91 Å². The van der Waals surface area contributed by atoms with Gasteiger partial charge in [0, 0.05) is 16.2 Å². The van der Waals surface area contributed by atoms with Crippen LogP contribution in [-0.2, 0) is 6.42 Å². The van der Waals surface area contributed by atoms with Crippen molar-refractivity contribution in [3.05, 3.63) is 55.6 Å². The lowest BCUT2D eigenvalue weighted by Crippen LogP contribution is -2.02. The molecule has 0 atom stereocenters. The van der Waals surface area contributed by atoms with Gasteiger partial charge in [0.05, 0.1) is 4.92 Å². The smallest absolute Gasteiger partial charge is 0.311 e. The van der Waals surface area contributed by atoms with Crippen molar-refractivity contribution in [2.24, 2.45) is 0 Å². The second-order valence-corrected chi connectivity index (χ2v) is 5.34. The summed E-state index contributed by atoms with van der Waals surface area (Å²) in [6.07, 6.45) is 0.788. The topological polar surface area (TPSA) is 68.1 Å². The molecule has 2 aromatic rings. The summed E-state index contributed by atoms with van der Waals surface area (Å²) in [5.41, 5.74) is 1.68. The Morgan fingerprint density at radius 3 is 2.80 bits per heavy atom. The van der Waals surface area contributed by atoms with Gasteiger partial charge in [0.15, 0.2) is 0 Å². The fourth-order valence-corrected chi connectivity index (χ4v) is 2.33. The highest BCUT2D eigenvalue weighted by Crippen LogP contribution is 2.30. The Bertz CT molecular complexity index is 664. The molecule has 0 fully saturated rings. The highest BCUT2D eigenvalue weighted by molar-refractivity contribution is 9.10. The lowest BCUT2D eigenvalue weighted by atomic mass is 10.1. The molecule has 0 aliphatic rings. The summed E-state index contributed by atoms with van der Waals surface area (Å²) >= 11 is 9.20. The van der Waals surface area contributed by atoms with E-state index in [1.807, 2.05) is 25.1 Å². The van der Waals surface area contributed by atoms with Gasteiger partial charge in [0.25, 0.3) is 0 Å². The van der Waals surface area contributed by atoms with Crippen molar-refractivity contribution in [2.75, 3.05) is 5.32 Å². The average Bonchev–Trinajstić information content (AvgIpc) is 2.40. The maximum absolute atomic E-state index is 11.0. The number of nitrogens with one attached hydrogen (secondary N) is 1. The highest BCUT2D eigenvalue weighted by atomic mass is 79.9. The molecule has 0 unspecified atom stereocenters. The predicted molar refractivity (Wildman–Crippen MR) is 82.7 cm³/mol. The molecule has 5 nitrogen and oxygen atoms in total. The minimum atomic E-state index is -0.490. The Kier molecular flexibility index (Phi) is 4.57. The van der Waals surface area contributed by atoms with Crippen LogP contribution in [0.15, 0.2) is 34.8 Å². The Morgan fingerprint density at radius 2 is 2.15 bits per heavy atom. The maximum Gasteiger partial charge on any atom is 0.311 e. The molecule has 0 radical (unpaired) electrons. The summed E-state index contributed by atoms with van der Waals surface area (Å²) in [5.74, 6) is 0.138. The summed E-state index contributed by atoms with van der Waals surface area (Å²) in [6.45, 7) is 2.01. The average molecular weight is 357 g/mol. The summed E-state index contributed by atoms with van der Waals surface area (Å²) in [5, 5.41) is 14.2. The van der Waals surface area contributed by atoms with Crippen molar-refractivity contribution < 1.29 is 4.92 Å². The SMILES string of the molecule is CCc1cc(Br)ccc1Nc1nc(Cl)ccc1[N+](=O)[O-]. The van der Waals surface area contributed by atoms with Crippen LogP contribution < -0.4 is 5.32 Å². The van der Waals surface area contributed by atoms with E-state index in [4.69, 9.17) is 11.6 Å². The third-order valence-corrected chi connectivity index (χ3v) is 3.44. The molecule has 0 saturated carbocycles. The highest BCUT2D eigenvalue weighted by Gasteiger charge is 2.16. The molecule has 1 heterocycles. The van der Waals surface area contributed by atoms with E-state index in [1.54, 1.807) is 0 Å². The Labute approximate surface area is 129 Å². The van der Waals surface area contributed by atoms with Gasteiger partial charge in [-0.25, -0.2) is 4.98 Å². The molecule has 0 bridgehead atoms. The molecule has 7 heteroatoms. The van der Waals surface area contributed by atoms with Crippen molar-refractivity contribution >= 4 is 44.7 Å². The first-order valence-electron chi connectivity index (χ1n) is 5.87. The second kappa shape index (κ2) is 6.19. The van der Waals surface area contributed by atoms with Crippen molar-refractivity contribution in [3.8, 4) is 0 Å². The fraction of sp³-hybridized carbons (Fsp3) is 0.154. The minimum Gasteiger partial charge on any atom is -0.334 e. The Balaban J connectivity index is 2.44. The number of hydrogen-bond acceptors (Lipinski definition) is 4. The van der Waals surface area contributed by atoms with E-state index < -0.39 is 4.92 Å². The standard InChI is InChI=1S/C13H11BrClN3O2/c1-2-8-7-9(14)3-4-10(8)16-13-11(18(19)20)5-6-12(15)17-13/h3-7H,2H2,1H3,(H,16,17). The van der Waals surface area contributed by atoms with Crippen LogP contribution in [0.25, 0.3) is 0 Å². The summed E-state index contributed by atoms with van der Waals surface area (Å²) < 4.78 is 0.952. The first-order chi connectivity index (χ1) is 9.51. The van der Waals surface area contributed by atoms with E-state index >= 15 is 0 Å². The molecule has 0 aliphatic heterocycles. The number of nitrogens with zero attached hydrogens (tertiary/aromatic N) is 2. The molecular weight excluding hydrogens is 346 g/mol. The first kappa shape index (κ1) is 14.7. The molecule has 0 saturated heterocycles. The Morgan fingerprint density at radius 1 is 1.40 bits per heavy atom. The van der Waals surface area contributed by atoms with Crippen molar-refractivity contribution in [1.82, 2.24) is 4.98 Å². The van der Waals surface area contributed by atoms with E-state index in [-0.39, 0.29) is 16.7 Å². The van der Waals surface area contributed by atoms with E-state index in [0.717, 1.165) is 22.1 Å². The number of aromatic nitrogens is 1. The summed E-state index contributed by atoms with van der Waals surface area (Å²) in [4.78, 5) is 14.5. The summed E-state index contributed by atoms with van der Waals surface area (Å²) in [7, 11) is 0. The normalized spacial score (nSPS) is 10.3. The van der Waals surface area contributed by atoms with Gasteiger partial charge >= 0.3 is 5.69 Å². The number of pyridine rings is 1. The fourth-order valence-electron chi connectivity index (χ4n) is 1.77. The number of hydrogen-bond donors (Lipinski definition) is 1. The lowest BCUT2D eigenvalue weighted by molar-refractivity contribution is -0.384. The quantitative estimate of drug-likeness (QED) is 0.489. The second-order valence-electron chi connectivity index (χ2n) is 4.04. The van der Waals surface area contributed by atoms with Crippen molar-refractivity contribution in [3.63, 3.8) is 0 Å². The monoisotopic (exact) mass is 355 g/mol.